The third-order valence-electron chi connectivity index (χ3n) is 6.26. The smallest absolute Gasteiger partial charge is 0.272 e. The zero-order valence-electron chi connectivity index (χ0n) is 27.1. The lowest BCUT2D eigenvalue weighted by Crippen LogP contribution is -2.40. The van der Waals surface area contributed by atoms with E-state index in [0.717, 1.165) is 18.4 Å². The number of likely N-dealkylation sites (N-methyl/N-ethyl adjacent to an activating group) is 2. The molecule has 0 aliphatic carbocycles. The predicted molar refractivity (Wildman–Crippen MR) is 173 cm³/mol. The van der Waals surface area contributed by atoms with Crippen molar-refractivity contribution in [3.63, 3.8) is 0 Å². The number of hydrogen-bond acceptors (Lipinski definition) is 12. The van der Waals surface area contributed by atoms with Gasteiger partial charge in [0.15, 0.2) is 0 Å². The van der Waals surface area contributed by atoms with Crippen LogP contribution in [0.3, 0.4) is 0 Å². The Morgan fingerprint density at radius 2 is 1.17 bits per heavy atom. The minimum atomic E-state index is -0.617. The third-order valence-corrected chi connectivity index (χ3v) is 6.26. The van der Waals surface area contributed by atoms with Crippen molar-refractivity contribution in [2.45, 2.75) is 25.7 Å². The van der Waals surface area contributed by atoms with Crippen LogP contribution in [0.4, 0.5) is 0 Å². The molecule has 6 N–H and O–H groups in total. The van der Waals surface area contributed by atoms with E-state index < -0.39 is 17.7 Å². The number of rotatable bonds is 25. The van der Waals surface area contributed by atoms with E-state index in [9.17, 15) is 39.2 Å². The minimum Gasteiger partial charge on any atom is -0.516 e. The summed E-state index contributed by atoms with van der Waals surface area (Å²) < 4.78 is 0. The first-order valence-electron chi connectivity index (χ1n) is 14.8. The number of carbonyl (C=O) groups is 6. The van der Waals surface area contributed by atoms with Crippen molar-refractivity contribution in [2.75, 3.05) is 60.4 Å². The van der Waals surface area contributed by atoms with Crippen LogP contribution in [0.25, 0.3) is 0 Å². The number of nitrogens with one attached hydrogen (secondary N) is 3. The Morgan fingerprint density at radius 3 is 1.66 bits per heavy atom. The SMILES string of the molecule is CNCCCN(CCCCN(CCCNC(=O)/C(=C/C=C\C=O)N(C)O)C(=O)/C(=C/C=C\C=O)N(C)O)C(=O)/C(=C/C=C\O)NC=O. The lowest BCUT2D eigenvalue weighted by molar-refractivity contribution is -0.134. The molecule has 16 nitrogen and oxygen atoms in total. The van der Waals surface area contributed by atoms with Crippen molar-refractivity contribution in [1.29, 1.82) is 0 Å². The maximum atomic E-state index is 13.4. The van der Waals surface area contributed by atoms with E-state index in [1.165, 1.54) is 55.5 Å². The molecule has 0 saturated carbocycles. The molecule has 0 unspecified atom stereocenters. The molecule has 0 radical (unpaired) electrons. The highest BCUT2D eigenvalue weighted by molar-refractivity contribution is 5.95. The number of carbonyl (C=O) groups excluding carboxylic acids is 6. The molecule has 47 heavy (non-hydrogen) atoms. The lowest BCUT2D eigenvalue weighted by atomic mass is 10.2. The first-order valence-corrected chi connectivity index (χ1v) is 14.8. The Morgan fingerprint density at radius 1 is 0.660 bits per heavy atom. The van der Waals surface area contributed by atoms with Gasteiger partial charge >= 0.3 is 0 Å². The summed E-state index contributed by atoms with van der Waals surface area (Å²) in [5.74, 6) is -1.62. The lowest BCUT2D eigenvalue weighted by Gasteiger charge is -2.27. The van der Waals surface area contributed by atoms with E-state index in [2.05, 4.69) is 16.0 Å². The fourth-order valence-corrected chi connectivity index (χ4v) is 3.99. The number of aliphatic hydroxyl groups is 1. The first kappa shape index (κ1) is 41.9. The number of nitrogens with zero attached hydrogens (tertiary/aromatic N) is 4. The summed E-state index contributed by atoms with van der Waals surface area (Å²) in [5, 5.41) is 38.1. The van der Waals surface area contributed by atoms with Crippen LogP contribution >= 0.6 is 0 Å². The van der Waals surface area contributed by atoms with Gasteiger partial charge < -0.3 is 30.9 Å². The average molecular weight is 662 g/mol. The number of allylic oxidation sites excluding steroid dienone is 8. The summed E-state index contributed by atoms with van der Waals surface area (Å²) in [6.07, 6.45) is 13.9. The Hall–Kier alpha value is -5.06. The number of aliphatic hydroxyl groups excluding tert-OH is 1. The molecule has 0 aliphatic rings. The van der Waals surface area contributed by atoms with Crippen molar-refractivity contribution in [3.8, 4) is 0 Å². The average Bonchev–Trinajstić information content (AvgIpc) is 3.04. The van der Waals surface area contributed by atoms with Crippen molar-refractivity contribution in [1.82, 2.24) is 35.9 Å². The zero-order chi connectivity index (χ0) is 35.5. The summed E-state index contributed by atoms with van der Waals surface area (Å²) in [6, 6.07) is 0. The molecule has 0 atom stereocenters. The second-order valence-electron chi connectivity index (χ2n) is 9.74. The summed E-state index contributed by atoms with van der Waals surface area (Å²) in [5.41, 5.74) is -0.257. The van der Waals surface area contributed by atoms with E-state index in [1.54, 1.807) is 11.9 Å². The van der Waals surface area contributed by atoms with Crippen molar-refractivity contribution in [2.24, 2.45) is 0 Å². The molecular formula is C31H47N7O9. The van der Waals surface area contributed by atoms with Crippen molar-refractivity contribution < 1.29 is 44.3 Å². The van der Waals surface area contributed by atoms with Gasteiger partial charge in [0.25, 0.3) is 17.7 Å². The van der Waals surface area contributed by atoms with Crippen molar-refractivity contribution in [3.05, 3.63) is 72.0 Å². The molecule has 0 aromatic rings. The molecule has 0 rings (SSSR count). The van der Waals surface area contributed by atoms with Crippen LogP contribution in [0, 0.1) is 0 Å². The Balaban J connectivity index is 5.78. The summed E-state index contributed by atoms with van der Waals surface area (Å²) in [7, 11) is 4.29. The highest BCUT2D eigenvalue weighted by Crippen LogP contribution is 2.10. The van der Waals surface area contributed by atoms with Gasteiger partial charge in [0, 0.05) is 46.8 Å². The van der Waals surface area contributed by atoms with Crippen LogP contribution in [0.2, 0.25) is 0 Å². The zero-order valence-corrected chi connectivity index (χ0v) is 27.1. The fourth-order valence-electron chi connectivity index (χ4n) is 3.99. The van der Waals surface area contributed by atoms with Crippen LogP contribution in [0.1, 0.15) is 25.7 Å². The van der Waals surface area contributed by atoms with E-state index >= 15 is 0 Å². The van der Waals surface area contributed by atoms with Crippen LogP contribution in [-0.4, -0.2) is 133 Å². The molecule has 16 heteroatoms. The van der Waals surface area contributed by atoms with E-state index in [1.807, 2.05) is 0 Å². The number of unbranched alkanes of at least 4 members (excludes halogenated alkanes) is 1. The number of hydroxylamine groups is 4. The predicted octanol–water partition coefficient (Wildman–Crippen LogP) is 0.161. The first-order chi connectivity index (χ1) is 22.6. The second-order valence-corrected chi connectivity index (χ2v) is 9.74. The van der Waals surface area contributed by atoms with E-state index in [-0.39, 0.29) is 49.7 Å². The number of amides is 4. The molecule has 0 aromatic heterocycles. The normalized spacial score (nSPS) is 12.3. The highest BCUT2D eigenvalue weighted by atomic mass is 16.5. The van der Waals surface area contributed by atoms with Gasteiger partial charge in [-0.3, -0.25) is 49.3 Å². The van der Waals surface area contributed by atoms with Gasteiger partial charge in [-0.15, -0.1) is 0 Å². The second kappa shape index (κ2) is 26.2. The highest BCUT2D eigenvalue weighted by Gasteiger charge is 2.22. The molecule has 0 aliphatic heterocycles. The summed E-state index contributed by atoms with van der Waals surface area (Å²) in [6.45, 7) is 1.77. The van der Waals surface area contributed by atoms with Crippen molar-refractivity contribution >= 4 is 36.7 Å². The van der Waals surface area contributed by atoms with E-state index in [0.29, 0.717) is 61.5 Å². The standard InChI is InChI=1S/C31H47N7O9/c1-32-16-11-20-37(30(44)26(34-25-42)13-10-24-41)18-6-7-19-38(31(45)28(36(3)47)15-5-9-23-40)21-12-17-33-29(43)27(35(2)46)14-4-8-22-39/h4-5,8-10,13-15,22-25,32,41,46-47H,6-7,11-12,16-21H2,1-3H3,(H,33,43)(H,34,42)/b8-4-,9-5-,24-10-,26-13-,27-14-,28-15-. The molecular weight excluding hydrogens is 614 g/mol. The molecule has 4 amide bonds. The fraction of sp³-hybridized carbons (Fsp3) is 0.419. The van der Waals surface area contributed by atoms with Gasteiger partial charge in [-0.25, -0.2) is 0 Å². The third kappa shape index (κ3) is 17.9. The van der Waals surface area contributed by atoms with Gasteiger partial charge in [0.05, 0.1) is 6.26 Å². The van der Waals surface area contributed by atoms with E-state index in [4.69, 9.17) is 5.11 Å². The Bertz CT molecular complexity index is 1190. The van der Waals surface area contributed by atoms with Crippen LogP contribution in [0.5, 0.6) is 0 Å². The van der Waals surface area contributed by atoms with Gasteiger partial charge in [0.1, 0.15) is 29.7 Å². The van der Waals surface area contributed by atoms with Gasteiger partial charge in [0.2, 0.25) is 6.41 Å². The molecule has 260 valence electrons. The Kier molecular flexibility index (Phi) is 23.4. The molecule has 0 fully saturated rings. The largest absolute Gasteiger partial charge is 0.516 e. The number of aldehydes is 2. The minimum absolute atomic E-state index is 0.0251. The molecule has 0 bridgehead atoms. The molecule has 0 saturated heterocycles. The molecule has 0 heterocycles. The van der Waals surface area contributed by atoms with Crippen LogP contribution in [0.15, 0.2) is 72.0 Å². The number of hydrogen-bond donors (Lipinski definition) is 6. The monoisotopic (exact) mass is 661 g/mol. The maximum Gasteiger partial charge on any atom is 0.272 e. The van der Waals surface area contributed by atoms with Crippen LogP contribution < -0.4 is 16.0 Å². The molecule has 0 aromatic carbocycles. The van der Waals surface area contributed by atoms with Gasteiger partial charge in [-0.05, 0) is 75.7 Å². The van der Waals surface area contributed by atoms with Gasteiger partial charge in [-0.2, -0.15) is 0 Å². The van der Waals surface area contributed by atoms with Crippen LogP contribution in [-0.2, 0) is 28.8 Å². The Labute approximate surface area is 274 Å². The summed E-state index contributed by atoms with van der Waals surface area (Å²) >= 11 is 0. The van der Waals surface area contributed by atoms with Gasteiger partial charge in [-0.1, -0.05) is 12.2 Å². The molecule has 0 spiro atoms. The maximum absolute atomic E-state index is 13.4. The summed E-state index contributed by atoms with van der Waals surface area (Å²) in [4.78, 5) is 74.4. The quantitative estimate of drug-likeness (QED) is 0.0193. The topological polar surface area (TPSA) is 212 Å².